The molecule has 0 aliphatic rings. The third kappa shape index (κ3) is 2.53. The summed E-state index contributed by atoms with van der Waals surface area (Å²) in [5, 5.41) is 7.80. The van der Waals surface area contributed by atoms with Crippen molar-refractivity contribution in [1.82, 2.24) is 4.98 Å². The summed E-state index contributed by atoms with van der Waals surface area (Å²) in [5.74, 6) is 0.507. The molecule has 1 aromatic heterocycles. The zero-order valence-electron chi connectivity index (χ0n) is 8.11. The number of nitrogens with two attached hydrogens (primary N) is 1. The van der Waals surface area contributed by atoms with E-state index in [0.717, 1.165) is 5.56 Å². The minimum absolute atomic E-state index is 0. The first-order valence-electron chi connectivity index (χ1n) is 4.23. The van der Waals surface area contributed by atoms with Gasteiger partial charge < -0.3 is 10.2 Å². The summed E-state index contributed by atoms with van der Waals surface area (Å²) in [5.41, 5.74) is 6.08. The molecule has 0 saturated heterocycles. The average molecular weight is 258 g/mol. The number of hydrogen-bond acceptors (Lipinski definition) is 3. The second-order valence-corrected chi connectivity index (χ2v) is 3.39. The Morgan fingerprint density at radius 2 is 1.94 bits per heavy atom. The molecular weight excluding hydrogens is 249 g/mol. The largest absolute Gasteiger partial charge is 0.434 e. The number of aromatic nitrogens is 1. The predicted molar refractivity (Wildman–Crippen MR) is 65.2 cm³/mol. The maximum Gasteiger partial charge on any atom is 0.262 e. The molecule has 0 radical (unpaired) electrons. The summed E-state index contributed by atoms with van der Waals surface area (Å²) < 4.78 is 5.27. The molecule has 0 fully saturated rings. The van der Waals surface area contributed by atoms with Gasteiger partial charge in [-0.2, -0.15) is 0 Å². The number of benzene rings is 1. The molecule has 0 unspecified atom stereocenters. The lowest BCUT2D eigenvalue weighted by Crippen LogP contribution is -2.10. The second-order valence-electron chi connectivity index (χ2n) is 2.95. The number of nitrogens with zero attached hydrogens (tertiary/aromatic N) is 1. The standard InChI is InChI=1S/C10H8ClN3O.ClH/c11-7-3-1-6(2-4-7)8-5-14-10(15-8)9(12)13;/h1-5H,(H3,12,13);1H. The molecule has 1 heterocycles. The number of oxazole rings is 1. The topological polar surface area (TPSA) is 75.9 Å². The Morgan fingerprint density at radius 1 is 1.31 bits per heavy atom. The molecule has 0 aliphatic carbocycles. The first-order chi connectivity index (χ1) is 7.16. The van der Waals surface area contributed by atoms with Gasteiger partial charge in [-0.25, -0.2) is 4.98 Å². The Kier molecular flexibility index (Phi) is 3.93. The van der Waals surface area contributed by atoms with E-state index in [4.69, 9.17) is 27.2 Å². The minimum atomic E-state index is -0.185. The van der Waals surface area contributed by atoms with Crippen LogP contribution in [0.15, 0.2) is 34.9 Å². The Labute approximate surface area is 103 Å². The van der Waals surface area contributed by atoms with Crippen molar-refractivity contribution in [2.45, 2.75) is 0 Å². The van der Waals surface area contributed by atoms with Crippen LogP contribution in [0.3, 0.4) is 0 Å². The van der Waals surface area contributed by atoms with Crippen molar-refractivity contribution in [3.8, 4) is 11.3 Å². The third-order valence-corrected chi connectivity index (χ3v) is 2.12. The first-order valence-corrected chi connectivity index (χ1v) is 4.61. The molecule has 0 amide bonds. The highest BCUT2D eigenvalue weighted by atomic mass is 35.5. The van der Waals surface area contributed by atoms with Crippen LogP contribution < -0.4 is 5.73 Å². The van der Waals surface area contributed by atoms with Crippen LogP contribution in [0.25, 0.3) is 11.3 Å². The van der Waals surface area contributed by atoms with E-state index in [0.29, 0.717) is 10.8 Å². The van der Waals surface area contributed by atoms with Crippen molar-refractivity contribution in [3.63, 3.8) is 0 Å². The van der Waals surface area contributed by atoms with Crippen LogP contribution in [0.1, 0.15) is 5.89 Å². The highest BCUT2D eigenvalue weighted by Crippen LogP contribution is 2.21. The number of nitrogens with one attached hydrogen (secondary N) is 1. The van der Waals surface area contributed by atoms with Gasteiger partial charge in [-0.3, -0.25) is 5.41 Å². The highest BCUT2D eigenvalue weighted by Gasteiger charge is 2.07. The van der Waals surface area contributed by atoms with Gasteiger partial charge in [0.2, 0.25) is 0 Å². The fourth-order valence-electron chi connectivity index (χ4n) is 1.15. The maximum absolute atomic E-state index is 7.15. The van der Waals surface area contributed by atoms with Gasteiger partial charge in [-0.1, -0.05) is 11.6 Å². The second kappa shape index (κ2) is 5.01. The lowest BCUT2D eigenvalue weighted by molar-refractivity contribution is 0.559. The fraction of sp³-hybridized carbons (Fsp3) is 0. The molecule has 0 atom stereocenters. The Bertz CT molecular complexity index is 493. The Balaban J connectivity index is 0.00000128. The number of hydrogen-bond donors (Lipinski definition) is 2. The van der Waals surface area contributed by atoms with Gasteiger partial charge in [-0.05, 0) is 24.3 Å². The predicted octanol–water partition coefficient (Wildman–Crippen LogP) is 2.70. The molecule has 0 spiro atoms. The third-order valence-electron chi connectivity index (χ3n) is 1.86. The summed E-state index contributed by atoms with van der Waals surface area (Å²) in [6.45, 7) is 0. The van der Waals surface area contributed by atoms with E-state index in [1.165, 1.54) is 6.20 Å². The van der Waals surface area contributed by atoms with Crippen molar-refractivity contribution < 1.29 is 4.42 Å². The molecule has 84 valence electrons. The number of rotatable bonds is 2. The van der Waals surface area contributed by atoms with Crippen LogP contribution in [-0.2, 0) is 0 Å². The number of halogens is 2. The van der Waals surface area contributed by atoms with Gasteiger partial charge in [0.15, 0.2) is 11.6 Å². The van der Waals surface area contributed by atoms with Crippen molar-refractivity contribution in [2.24, 2.45) is 5.73 Å². The zero-order chi connectivity index (χ0) is 10.8. The first kappa shape index (κ1) is 12.5. The van der Waals surface area contributed by atoms with E-state index in [9.17, 15) is 0 Å². The Morgan fingerprint density at radius 3 is 2.44 bits per heavy atom. The van der Waals surface area contributed by atoms with E-state index in [-0.39, 0.29) is 24.1 Å². The van der Waals surface area contributed by atoms with Gasteiger partial charge in [0, 0.05) is 10.6 Å². The van der Waals surface area contributed by atoms with Crippen LogP contribution in [0, 0.1) is 5.41 Å². The summed E-state index contributed by atoms with van der Waals surface area (Å²) in [7, 11) is 0. The minimum Gasteiger partial charge on any atom is -0.434 e. The van der Waals surface area contributed by atoms with Crippen LogP contribution in [0.5, 0.6) is 0 Å². The molecular formula is C10H9Cl2N3O. The molecule has 2 aromatic rings. The summed E-state index contributed by atoms with van der Waals surface area (Å²) in [4.78, 5) is 3.87. The molecule has 0 aliphatic heterocycles. The fourth-order valence-corrected chi connectivity index (χ4v) is 1.27. The summed E-state index contributed by atoms with van der Waals surface area (Å²) in [6, 6.07) is 7.14. The molecule has 3 N–H and O–H groups in total. The van der Waals surface area contributed by atoms with Gasteiger partial charge >= 0.3 is 0 Å². The lowest BCUT2D eigenvalue weighted by Gasteiger charge is -1.95. The van der Waals surface area contributed by atoms with Gasteiger partial charge in [0.1, 0.15) is 0 Å². The molecule has 16 heavy (non-hydrogen) atoms. The van der Waals surface area contributed by atoms with Crippen molar-refractivity contribution in [3.05, 3.63) is 41.4 Å². The van der Waals surface area contributed by atoms with E-state index < -0.39 is 0 Å². The molecule has 6 heteroatoms. The molecule has 4 nitrogen and oxygen atoms in total. The monoisotopic (exact) mass is 257 g/mol. The quantitative estimate of drug-likeness (QED) is 0.642. The Hall–Kier alpha value is -1.52. The van der Waals surface area contributed by atoms with Crippen LogP contribution in [0.2, 0.25) is 5.02 Å². The highest BCUT2D eigenvalue weighted by molar-refractivity contribution is 6.30. The summed E-state index contributed by atoms with van der Waals surface area (Å²) >= 11 is 5.75. The van der Waals surface area contributed by atoms with Crippen molar-refractivity contribution in [1.29, 1.82) is 5.41 Å². The van der Waals surface area contributed by atoms with Crippen molar-refractivity contribution in [2.75, 3.05) is 0 Å². The summed E-state index contributed by atoms with van der Waals surface area (Å²) in [6.07, 6.45) is 1.53. The molecule has 1 aromatic carbocycles. The van der Waals surface area contributed by atoms with Crippen LogP contribution >= 0.6 is 24.0 Å². The van der Waals surface area contributed by atoms with Crippen LogP contribution in [-0.4, -0.2) is 10.8 Å². The van der Waals surface area contributed by atoms with E-state index in [1.54, 1.807) is 12.1 Å². The van der Waals surface area contributed by atoms with E-state index in [2.05, 4.69) is 4.98 Å². The molecule has 0 bridgehead atoms. The van der Waals surface area contributed by atoms with Crippen molar-refractivity contribution >= 4 is 29.8 Å². The van der Waals surface area contributed by atoms with Gasteiger partial charge in [-0.15, -0.1) is 12.4 Å². The van der Waals surface area contributed by atoms with E-state index >= 15 is 0 Å². The zero-order valence-corrected chi connectivity index (χ0v) is 9.68. The average Bonchev–Trinajstić information content (AvgIpc) is 2.68. The number of nitrogen functional groups attached to an aromatic ring is 1. The number of amidine groups is 1. The normalized spacial score (nSPS) is 9.56. The smallest absolute Gasteiger partial charge is 0.262 e. The molecule has 2 rings (SSSR count). The molecule has 0 saturated carbocycles. The SMILES string of the molecule is Cl.N=C(N)c1ncc(-c2ccc(Cl)cc2)o1. The van der Waals surface area contributed by atoms with Gasteiger partial charge in [0.25, 0.3) is 5.89 Å². The van der Waals surface area contributed by atoms with E-state index in [1.807, 2.05) is 12.1 Å². The maximum atomic E-state index is 7.15. The lowest BCUT2D eigenvalue weighted by atomic mass is 10.2. The van der Waals surface area contributed by atoms with Crippen LogP contribution in [0.4, 0.5) is 0 Å². The van der Waals surface area contributed by atoms with Gasteiger partial charge in [0.05, 0.1) is 6.20 Å².